The van der Waals surface area contributed by atoms with Gasteiger partial charge in [-0.05, 0) is 18.2 Å². The van der Waals surface area contributed by atoms with Gasteiger partial charge in [-0.25, -0.2) is 22.5 Å². The van der Waals surface area contributed by atoms with E-state index in [0.29, 0.717) is 12.2 Å². The van der Waals surface area contributed by atoms with Crippen LogP contribution in [-0.4, -0.2) is 29.7 Å². The van der Waals surface area contributed by atoms with Crippen molar-refractivity contribution in [3.8, 4) is 0 Å². The molecule has 1 heterocycles. The normalized spacial score (nSPS) is 11.7. The molecule has 0 atom stereocenters. The number of aromatic nitrogens is 3. The predicted octanol–water partition coefficient (Wildman–Crippen LogP) is 0.0574. The summed E-state index contributed by atoms with van der Waals surface area (Å²) in [4.78, 5) is 3.83. The molecule has 0 fully saturated rings. The van der Waals surface area contributed by atoms with E-state index in [1.807, 2.05) is 0 Å². The Morgan fingerprint density at radius 2 is 2.20 bits per heavy atom. The highest BCUT2D eigenvalue weighted by Gasteiger charge is 2.17. The smallest absolute Gasteiger partial charge is 0.242 e. The lowest BCUT2D eigenvalue weighted by atomic mass is 10.3. The van der Waals surface area contributed by atoms with Crippen molar-refractivity contribution in [3.63, 3.8) is 0 Å². The van der Waals surface area contributed by atoms with Crippen molar-refractivity contribution in [1.29, 1.82) is 0 Å². The SMILES string of the molecule is Cn1cnc(CCNS(=O)(=O)c2ccc(F)cc2N)n1. The summed E-state index contributed by atoms with van der Waals surface area (Å²) in [7, 11) is -2.05. The molecule has 0 aliphatic rings. The van der Waals surface area contributed by atoms with E-state index in [2.05, 4.69) is 14.8 Å². The van der Waals surface area contributed by atoms with Gasteiger partial charge < -0.3 is 5.73 Å². The Morgan fingerprint density at radius 3 is 2.80 bits per heavy atom. The molecule has 0 aliphatic heterocycles. The van der Waals surface area contributed by atoms with Gasteiger partial charge in [0.1, 0.15) is 17.0 Å². The average Bonchev–Trinajstić information content (AvgIpc) is 2.74. The lowest BCUT2D eigenvalue weighted by molar-refractivity contribution is 0.580. The minimum Gasteiger partial charge on any atom is -0.398 e. The molecule has 0 unspecified atom stereocenters. The molecule has 2 aromatic rings. The van der Waals surface area contributed by atoms with E-state index >= 15 is 0 Å². The second-order valence-electron chi connectivity index (χ2n) is 4.16. The molecule has 7 nitrogen and oxygen atoms in total. The number of aryl methyl sites for hydroxylation is 1. The maximum Gasteiger partial charge on any atom is 0.242 e. The molecular weight excluding hydrogens is 285 g/mol. The summed E-state index contributed by atoms with van der Waals surface area (Å²) in [6, 6.07) is 3.14. The number of anilines is 1. The highest BCUT2D eigenvalue weighted by Crippen LogP contribution is 2.18. The summed E-state index contributed by atoms with van der Waals surface area (Å²) < 4.78 is 40.8. The number of nitrogen functional groups attached to an aromatic ring is 1. The molecule has 0 bridgehead atoms. The topological polar surface area (TPSA) is 103 Å². The molecule has 20 heavy (non-hydrogen) atoms. The third-order valence-corrected chi connectivity index (χ3v) is 4.08. The van der Waals surface area contributed by atoms with Crippen molar-refractivity contribution in [2.75, 3.05) is 12.3 Å². The number of rotatable bonds is 5. The fraction of sp³-hybridized carbons (Fsp3) is 0.273. The van der Waals surface area contributed by atoms with Gasteiger partial charge in [0, 0.05) is 20.0 Å². The zero-order valence-corrected chi connectivity index (χ0v) is 11.6. The van der Waals surface area contributed by atoms with E-state index in [0.717, 1.165) is 18.2 Å². The molecule has 3 N–H and O–H groups in total. The van der Waals surface area contributed by atoms with Crippen LogP contribution in [0.3, 0.4) is 0 Å². The van der Waals surface area contributed by atoms with Crippen LogP contribution < -0.4 is 10.5 Å². The van der Waals surface area contributed by atoms with Gasteiger partial charge in [0.25, 0.3) is 0 Å². The van der Waals surface area contributed by atoms with E-state index in [4.69, 9.17) is 5.73 Å². The van der Waals surface area contributed by atoms with Crippen LogP contribution in [0, 0.1) is 5.82 Å². The van der Waals surface area contributed by atoms with Gasteiger partial charge >= 0.3 is 0 Å². The van der Waals surface area contributed by atoms with Crippen LogP contribution in [0.1, 0.15) is 5.82 Å². The first-order valence-electron chi connectivity index (χ1n) is 5.78. The van der Waals surface area contributed by atoms with E-state index in [1.165, 1.54) is 11.0 Å². The monoisotopic (exact) mass is 299 g/mol. The minimum atomic E-state index is -3.78. The summed E-state index contributed by atoms with van der Waals surface area (Å²) in [5.74, 6) is -0.0542. The molecule has 2 rings (SSSR count). The van der Waals surface area contributed by atoms with Crippen LogP contribution in [0.25, 0.3) is 0 Å². The molecular formula is C11H14FN5O2S. The van der Waals surface area contributed by atoms with Crippen molar-refractivity contribution in [3.05, 3.63) is 36.2 Å². The molecule has 0 spiro atoms. The number of sulfonamides is 1. The number of halogens is 1. The number of nitrogens with one attached hydrogen (secondary N) is 1. The average molecular weight is 299 g/mol. The zero-order valence-electron chi connectivity index (χ0n) is 10.7. The molecule has 108 valence electrons. The zero-order chi connectivity index (χ0) is 14.8. The lowest BCUT2D eigenvalue weighted by Gasteiger charge is -2.08. The molecule has 1 aromatic heterocycles. The van der Waals surface area contributed by atoms with Crippen LogP contribution >= 0.6 is 0 Å². The molecule has 0 saturated carbocycles. The highest BCUT2D eigenvalue weighted by atomic mass is 32.2. The predicted molar refractivity (Wildman–Crippen MR) is 70.7 cm³/mol. The quantitative estimate of drug-likeness (QED) is 0.760. The Morgan fingerprint density at radius 1 is 1.45 bits per heavy atom. The second kappa shape index (κ2) is 5.55. The number of hydrogen-bond donors (Lipinski definition) is 2. The molecule has 1 aromatic carbocycles. The highest BCUT2D eigenvalue weighted by molar-refractivity contribution is 7.89. The summed E-state index contributed by atoms with van der Waals surface area (Å²) in [6.45, 7) is 0.128. The lowest BCUT2D eigenvalue weighted by Crippen LogP contribution is -2.27. The fourth-order valence-corrected chi connectivity index (χ4v) is 2.78. The van der Waals surface area contributed by atoms with Crippen molar-refractivity contribution in [1.82, 2.24) is 19.5 Å². The van der Waals surface area contributed by atoms with Gasteiger partial charge in [-0.2, -0.15) is 5.10 Å². The van der Waals surface area contributed by atoms with Gasteiger partial charge in [-0.15, -0.1) is 0 Å². The van der Waals surface area contributed by atoms with Gasteiger partial charge in [-0.3, -0.25) is 4.68 Å². The molecule has 9 heteroatoms. The number of benzene rings is 1. The third kappa shape index (κ3) is 3.31. The van der Waals surface area contributed by atoms with Crippen molar-refractivity contribution in [2.24, 2.45) is 7.05 Å². The first-order valence-corrected chi connectivity index (χ1v) is 7.26. The Hall–Kier alpha value is -2.00. The summed E-state index contributed by atoms with van der Waals surface area (Å²) >= 11 is 0. The third-order valence-electron chi connectivity index (χ3n) is 2.55. The molecule has 0 radical (unpaired) electrons. The van der Waals surface area contributed by atoms with E-state index in [-0.39, 0.29) is 17.1 Å². The van der Waals surface area contributed by atoms with Gasteiger partial charge in [0.05, 0.1) is 5.69 Å². The number of hydrogen-bond acceptors (Lipinski definition) is 5. The van der Waals surface area contributed by atoms with Gasteiger partial charge in [0.2, 0.25) is 10.0 Å². The summed E-state index contributed by atoms with van der Waals surface area (Å²) in [6.07, 6.45) is 1.88. The Kier molecular flexibility index (Phi) is 4.00. The maximum atomic E-state index is 12.9. The molecule has 0 saturated heterocycles. The van der Waals surface area contributed by atoms with Crippen LogP contribution in [0.5, 0.6) is 0 Å². The van der Waals surface area contributed by atoms with Crippen LogP contribution in [-0.2, 0) is 23.5 Å². The Labute approximate surface area is 115 Å². The van der Waals surface area contributed by atoms with Crippen LogP contribution in [0.4, 0.5) is 10.1 Å². The maximum absolute atomic E-state index is 12.9. The fourth-order valence-electron chi connectivity index (χ4n) is 1.64. The first kappa shape index (κ1) is 14.4. The summed E-state index contributed by atoms with van der Waals surface area (Å²) in [5.41, 5.74) is 5.38. The summed E-state index contributed by atoms with van der Waals surface area (Å²) in [5, 5.41) is 4.03. The van der Waals surface area contributed by atoms with Gasteiger partial charge in [-0.1, -0.05) is 0 Å². The molecule has 0 amide bonds. The van der Waals surface area contributed by atoms with Gasteiger partial charge in [0.15, 0.2) is 5.82 Å². The Balaban J connectivity index is 2.04. The Bertz CT molecular complexity index is 713. The largest absolute Gasteiger partial charge is 0.398 e. The van der Waals surface area contributed by atoms with Crippen molar-refractivity contribution >= 4 is 15.7 Å². The first-order chi connectivity index (χ1) is 9.38. The molecule has 0 aliphatic carbocycles. The van der Waals surface area contributed by atoms with Crippen LogP contribution in [0.2, 0.25) is 0 Å². The standard InChI is InChI=1S/C11H14FN5O2S/c1-17-7-14-11(16-17)4-5-15-20(18,19)10-3-2-8(12)6-9(10)13/h2-3,6-7,15H,4-5,13H2,1H3. The van der Waals surface area contributed by atoms with E-state index < -0.39 is 15.8 Å². The minimum absolute atomic E-state index is 0.128. The van der Waals surface area contributed by atoms with Crippen LogP contribution in [0.15, 0.2) is 29.4 Å². The number of nitrogens with zero attached hydrogens (tertiary/aromatic N) is 3. The number of nitrogens with two attached hydrogens (primary N) is 1. The van der Waals surface area contributed by atoms with Crippen molar-refractivity contribution < 1.29 is 12.8 Å². The van der Waals surface area contributed by atoms with E-state index in [9.17, 15) is 12.8 Å². The van der Waals surface area contributed by atoms with Crippen molar-refractivity contribution in [2.45, 2.75) is 11.3 Å². The van der Waals surface area contributed by atoms with E-state index in [1.54, 1.807) is 7.05 Å². The second-order valence-corrected chi connectivity index (χ2v) is 5.90.